The summed E-state index contributed by atoms with van der Waals surface area (Å²) in [7, 11) is 0. The maximum absolute atomic E-state index is 13.9. The first-order valence-corrected chi connectivity index (χ1v) is 5.13. The molecule has 2 aromatic carbocycles. The SMILES string of the molecule is [CH2][CH]Cc1cc(F)c2c(F)c(F)c(F)c(F)c2c1F. The van der Waals surface area contributed by atoms with E-state index in [1.165, 1.54) is 6.42 Å². The average Bonchev–Trinajstić information content (AvgIpc) is 2.37. The molecule has 2 radical (unpaired) electrons. The van der Waals surface area contributed by atoms with Crippen molar-refractivity contribution in [1.29, 1.82) is 0 Å². The molecule has 0 unspecified atom stereocenters. The van der Waals surface area contributed by atoms with E-state index in [0.29, 0.717) is 6.07 Å². The van der Waals surface area contributed by atoms with Gasteiger partial charge in [-0.2, -0.15) is 0 Å². The highest BCUT2D eigenvalue weighted by molar-refractivity contribution is 5.86. The van der Waals surface area contributed by atoms with Crippen LogP contribution in [0.3, 0.4) is 0 Å². The van der Waals surface area contributed by atoms with Gasteiger partial charge in [0.15, 0.2) is 23.3 Å². The summed E-state index contributed by atoms with van der Waals surface area (Å²) in [6, 6.07) is 0.596. The molecule has 0 spiro atoms. The normalized spacial score (nSPS) is 11.3. The van der Waals surface area contributed by atoms with Gasteiger partial charge < -0.3 is 0 Å². The van der Waals surface area contributed by atoms with Crippen molar-refractivity contribution in [2.75, 3.05) is 0 Å². The fourth-order valence-electron chi connectivity index (χ4n) is 1.82. The van der Waals surface area contributed by atoms with Crippen LogP contribution in [0.1, 0.15) is 5.56 Å². The third-order valence-electron chi connectivity index (χ3n) is 2.67. The monoisotopic (exact) mass is 276 g/mol. The third-order valence-corrected chi connectivity index (χ3v) is 2.67. The Labute approximate surface area is 104 Å². The first-order chi connectivity index (χ1) is 8.90. The van der Waals surface area contributed by atoms with Crippen molar-refractivity contribution in [3.8, 4) is 0 Å². The predicted molar refractivity (Wildman–Crippen MR) is 57.1 cm³/mol. The van der Waals surface area contributed by atoms with Gasteiger partial charge in [-0.15, -0.1) is 0 Å². The first-order valence-electron chi connectivity index (χ1n) is 5.13. The maximum Gasteiger partial charge on any atom is 0.198 e. The number of rotatable bonds is 2. The zero-order valence-corrected chi connectivity index (χ0v) is 9.34. The van der Waals surface area contributed by atoms with Crippen LogP contribution in [0.4, 0.5) is 26.3 Å². The molecule has 100 valence electrons. The molecule has 0 amide bonds. The van der Waals surface area contributed by atoms with E-state index in [1.54, 1.807) is 0 Å². The van der Waals surface area contributed by atoms with Gasteiger partial charge in [0.2, 0.25) is 0 Å². The molecule has 0 atom stereocenters. The summed E-state index contributed by atoms with van der Waals surface area (Å²) >= 11 is 0. The van der Waals surface area contributed by atoms with E-state index in [1.807, 2.05) is 0 Å². The summed E-state index contributed by atoms with van der Waals surface area (Å²) in [6.45, 7) is 3.29. The van der Waals surface area contributed by atoms with Crippen molar-refractivity contribution in [2.45, 2.75) is 6.42 Å². The van der Waals surface area contributed by atoms with E-state index in [9.17, 15) is 26.3 Å². The highest BCUT2D eigenvalue weighted by Crippen LogP contribution is 2.32. The molecular weight excluding hydrogens is 270 g/mol. The number of benzene rings is 2. The van der Waals surface area contributed by atoms with Gasteiger partial charge in [0, 0.05) is 0 Å². The van der Waals surface area contributed by atoms with Crippen LogP contribution < -0.4 is 0 Å². The second-order valence-electron chi connectivity index (χ2n) is 3.83. The summed E-state index contributed by atoms with van der Waals surface area (Å²) in [4.78, 5) is 0. The van der Waals surface area contributed by atoms with Gasteiger partial charge in [-0.25, -0.2) is 26.3 Å². The van der Waals surface area contributed by atoms with Crippen molar-refractivity contribution in [2.24, 2.45) is 0 Å². The second-order valence-corrected chi connectivity index (χ2v) is 3.83. The Kier molecular flexibility index (Phi) is 3.43. The predicted octanol–water partition coefficient (Wildman–Crippen LogP) is 4.26. The van der Waals surface area contributed by atoms with E-state index >= 15 is 0 Å². The number of halogens is 6. The Morgan fingerprint density at radius 1 is 0.789 bits per heavy atom. The largest absolute Gasteiger partial charge is 0.206 e. The summed E-state index contributed by atoms with van der Waals surface area (Å²) < 4.78 is 80.4. The van der Waals surface area contributed by atoms with E-state index in [-0.39, 0.29) is 12.0 Å². The standard InChI is InChI=1S/C13H6F6/c1-2-3-5-4-6(14)7-8(9(5)15)11(17)13(19)12(18)10(7)16/h2,4H,1,3H2. The minimum Gasteiger partial charge on any atom is -0.206 e. The molecule has 0 heterocycles. The first kappa shape index (κ1) is 13.7. The van der Waals surface area contributed by atoms with Crippen LogP contribution in [0.2, 0.25) is 0 Å². The molecule has 0 aliphatic carbocycles. The molecule has 0 N–H and O–H groups in total. The van der Waals surface area contributed by atoms with E-state index in [2.05, 4.69) is 6.92 Å². The fourth-order valence-corrected chi connectivity index (χ4v) is 1.82. The van der Waals surface area contributed by atoms with Gasteiger partial charge in [-0.1, -0.05) is 0 Å². The molecule has 0 aromatic heterocycles. The molecule has 2 rings (SSSR count). The Morgan fingerprint density at radius 2 is 1.32 bits per heavy atom. The lowest BCUT2D eigenvalue weighted by atomic mass is 10.0. The Morgan fingerprint density at radius 3 is 1.84 bits per heavy atom. The molecule has 0 nitrogen and oxygen atoms in total. The van der Waals surface area contributed by atoms with Gasteiger partial charge in [-0.05, 0) is 31.4 Å². The minimum atomic E-state index is -2.18. The van der Waals surface area contributed by atoms with Crippen molar-refractivity contribution < 1.29 is 26.3 Å². The average molecular weight is 276 g/mol. The number of fused-ring (bicyclic) bond motifs is 1. The van der Waals surface area contributed by atoms with Crippen LogP contribution in [0.25, 0.3) is 10.8 Å². The van der Waals surface area contributed by atoms with Gasteiger partial charge >= 0.3 is 0 Å². The highest BCUT2D eigenvalue weighted by atomic mass is 19.2. The molecule has 0 aliphatic rings. The smallest absolute Gasteiger partial charge is 0.198 e. The molecule has 0 bridgehead atoms. The lowest BCUT2D eigenvalue weighted by Crippen LogP contribution is -2.04. The summed E-state index contributed by atoms with van der Waals surface area (Å²) in [5, 5.41) is -2.49. The molecule has 19 heavy (non-hydrogen) atoms. The lowest BCUT2D eigenvalue weighted by Gasteiger charge is -2.10. The molecule has 0 saturated heterocycles. The Hall–Kier alpha value is -1.72. The van der Waals surface area contributed by atoms with Crippen LogP contribution in [0.5, 0.6) is 0 Å². The van der Waals surface area contributed by atoms with Gasteiger partial charge in [0.05, 0.1) is 10.8 Å². The molecule has 2 aromatic rings. The van der Waals surface area contributed by atoms with Crippen LogP contribution >= 0.6 is 0 Å². The summed E-state index contributed by atoms with van der Waals surface area (Å²) in [5.74, 6) is -11.0. The Balaban J connectivity index is 2.99. The van der Waals surface area contributed by atoms with Gasteiger partial charge in [0.1, 0.15) is 11.6 Å². The second kappa shape index (κ2) is 4.75. The topological polar surface area (TPSA) is 0 Å². The van der Waals surface area contributed by atoms with Crippen LogP contribution in [-0.4, -0.2) is 0 Å². The van der Waals surface area contributed by atoms with Crippen molar-refractivity contribution in [3.05, 3.63) is 59.9 Å². The van der Waals surface area contributed by atoms with Crippen molar-refractivity contribution in [1.82, 2.24) is 0 Å². The van der Waals surface area contributed by atoms with Crippen molar-refractivity contribution in [3.63, 3.8) is 0 Å². The summed E-state index contributed by atoms with van der Waals surface area (Å²) in [6.07, 6.45) is 1.04. The third kappa shape index (κ3) is 1.95. The van der Waals surface area contributed by atoms with Gasteiger partial charge in [-0.3, -0.25) is 0 Å². The van der Waals surface area contributed by atoms with Crippen LogP contribution in [0, 0.1) is 48.2 Å². The van der Waals surface area contributed by atoms with E-state index in [0.717, 1.165) is 0 Å². The lowest BCUT2D eigenvalue weighted by molar-refractivity contribution is 0.414. The van der Waals surface area contributed by atoms with Crippen LogP contribution in [0.15, 0.2) is 6.07 Å². The fraction of sp³-hybridized carbons (Fsp3) is 0.0769. The zero-order chi connectivity index (χ0) is 14.3. The molecule has 0 saturated carbocycles. The molecule has 0 aliphatic heterocycles. The molecular formula is C13H6F6. The Bertz CT molecular complexity index is 662. The molecule has 0 fully saturated rings. The highest BCUT2D eigenvalue weighted by Gasteiger charge is 2.26. The van der Waals surface area contributed by atoms with E-state index in [4.69, 9.17) is 0 Å². The molecule has 6 heteroatoms. The number of hydrogen-bond acceptors (Lipinski definition) is 0. The number of hydrogen-bond donors (Lipinski definition) is 0. The zero-order valence-electron chi connectivity index (χ0n) is 9.34. The maximum atomic E-state index is 13.9. The van der Waals surface area contributed by atoms with Gasteiger partial charge in [0.25, 0.3) is 0 Å². The van der Waals surface area contributed by atoms with E-state index < -0.39 is 45.7 Å². The minimum absolute atomic E-state index is 0.168. The summed E-state index contributed by atoms with van der Waals surface area (Å²) in [5.41, 5.74) is -0.329. The quantitative estimate of drug-likeness (QED) is 0.437. The van der Waals surface area contributed by atoms with Crippen LogP contribution in [-0.2, 0) is 6.42 Å². The van der Waals surface area contributed by atoms with Crippen molar-refractivity contribution >= 4 is 10.8 Å².